The maximum absolute atomic E-state index is 12.9. The smallest absolute Gasteiger partial charge is 0.265 e. The van der Waals surface area contributed by atoms with Gasteiger partial charge in [-0.05, 0) is 73.9 Å². The van der Waals surface area contributed by atoms with Gasteiger partial charge in [-0.2, -0.15) is 0 Å². The van der Waals surface area contributed by atoms with Crippen LogP contribution in [0.25, 0.3) is 0 Å². The summed E-state index contributed by atoms with van der Waals surface area (Å²) >= 11 is 6.14. The average molecular weight is 410 g/mol. The molecule has 1 atom stereocenters. The van der Waals surface area contributed by atoms with Gasteiger partial charge < -0.3 is 14.8 Å². The number of carbonyl (C=O) groups is 1. The Bertz CT molecular complexity index is 989. The molecule has 0 radical (unpaired) electrons. The van der Waals surface area contributed by atoms with Crippen molar-refractivity contribution in [1.29, 1.82) is 0 Å². The molecule has 5 heteroatoms. The van der Waals surface area contributed by atoms with Gasteiger partial charge >= 0.3 is 0 Å². The molecule has 0 heterocycles. The van der Waals surface area contributed by atoms with Gasteiger partial charge in [0.15, 0.2) is 11.9 Å². The third-order valence-electron chi connectivity index (χ3n) is 4.59. The first kappa shape index (κ1) is 20.7. The molecule has 0 aliphatic heterocycles. The third kappa shape index (κ3) is 5.52. The zero-order valence-electron chi connectivity index (χ0n) is 16.7. The Kier molecular flexibility index (Phi) is 6.78. The van der Waals surface area contributed by atoms with Crippen LogP contribution in [-0.2, 0) is 4.79 Å². The zero-order valence-corrected chi connectivity index (χ0v) is 17.5. The fourth-order valence-corrected chi connectivity index (χ4v) is 2.96. The van der Waals surface area contributed by atoms with E-state index in [0.29, 0.717) is 34.4 Å². The van der Waals surface area contributed by atoms with Crippen molar-refractivity contribution in [3.05, 3.63) is 82.9 Å². The number of amides is 1. The van der Waals surface area contributed by atoms with Gasteiger partial charge in [-0.3, -0.25) is 4.79 Å². The van der Waals surface area contributed by atoms with E-state index in [4.69, 9.17) is 21.1 Å². The Morgan fingerprint density at radius 2 is 1.72 bits per heavy atom. The van der Waals surface area contributed by atoms with Crippen molar-refractivity contribution in [3.8, 4) is 17.2 Å². The lowest BCUT2D eigenvalue weighted by molar-refractivity contribution is -0.122. The number of rotatable bonds is 7. The molecule has 0 fully saturated rings. The van der Waals surface area contributed by atoms with Crippen molar-refractivity contribution in [2.75, 3.05) is 5.32 Å². The Balaban J connectivity index is 1.77. The normalized spacial score (nSPS) is 11.6. The van der Waals surface area contributed by atoms with Crippen LogP contribution in [0.4, 0.5) is 5.69 Å². The van der Waals surface area contributed by atoms with Crippen LogP contribution >= 0.6 is 11.6 Å². The molecule has 0 spiro atoms. The van der Waals surface area contributed by atoms with E-state index in [0.717, 1.165) is 5.56 Å². The number of aryl methyl sites for hydroxylation is 2. The highest BCUT2D eigenvalue weighted by Gasteiger charge is 2.20. The molecule has 4 nitrogen and oxygen atoms in total. The predicted molar refractivity (Wildman–Crippen MR) is 117 cm³/mol. The van der Waals surface area contributed by atoms with Gasteiger partial charge in [-0.15, -0.1) is 0 Å². The van der Waals surface area contributed by atoms with E-state index in [2.05, 4.69) is 5.32 Å². The van der Waals surface area contributed by atoms with Crippen LogP contribution in [0.5, 0.6) is 17.2 Å². The number of anilines is 1. The van der Waals surface area contributed by atoms with Crippen molar-refractivity contribution >= 4 is 23.2 Å². The van der Waals surface area contributed by atoms with Crippen molar-refractivity contribution in [1.82, 2.24) is 0 Å². The maximum atomic E-state index is 12.9. The van der Waals surface area contributed by atoms with Crippen LogP contribution in [-0.4, -0.2) is 12.0 Å². The number of halogens is 1. The lowest BCUT2D eigenvalue weighted by atomic mass is 10.1. The first-order valence-electron chi connectivity index (χ1n) is 9.53. The predicted octanol–water partition coefficient (Wildman–Crippen LogP) is 6.55. The highest BCUT2D eigenvalue weighted by Crippen LogP contribution is 2.32. The topological polar surface area (TPSA) is 47.6 Å². The van der Waals surface area contributed by atoms with Crippen LogP contribution in [0.1, 0.15) is 24.5 Å². The molecule has 0 saturated carbocycles. The molecule has 3 rings (SSSR count). The van der Waals surface area contributed by atoms with Crippen LogP contribution in [0.2, 0.25) is 5.02 Å². The Morgan fingerprint density at radius 1 is 0.966 bits per heavy atom. The number of nitrogens with one attached hydrogen (secondary N) is 1. The SMILES string of the molecule is CC[C@@H](Oc1ccc(C)c(C)c1)C(=O)Nc1cc(Cl)ccc1Oc1ccccc1. The molecule has 0 saturated heterocycles. The minimum Gasteiger partial charge on any atom is -0.481 e. The molecule has 1 amide bonds. The number of carbonyl (C=O) groups excluding carboxylic acids is 1. The molecule has 0 aliphatic rings. The lowest BCUT2D eigenvalue weighted by Crippen LogP contribution is -2.32. The van der Waals surface area contributed by atoms with Crippen LogP contribution in [0.3, 0.4) is 0 Å². The molecule has 0 aromatic heterocycles. The number of benzene rings is 3. The first-order chi connectivity index (χ1) is 14.0. The summed E-state index contributed by atoms with van der Waals surface area (Å²) in [5.41, 5.74) is 2.79. The monoisotopic (exact) mass is 409 g/mol. The minimum atomic E-state index is -0.638. The van der Waals surface area contributed by atoms with Gasteiger partial charge in [-0.1, -0.05) is 42.8 Å². The molecule has 0 bridgehead atoms. The highest BCUT2D eigenvalue weighted by atomic mass is 35.5. The summed E-state index contributed by atoms with van der Waals surface area (Å²) < 4.78 is 11.8. The maximum Gasteiger partial charge on any atom is 0.265 e. The molecular formula is C24H24ClNO3. The van der Waals surface area contributed by atoms with Crippen molar-refractivity contribution in [3.63, 3.8) is 0 Å². The number of para-hydroxylation sites is 1. The van der Waals surface area contributed by atoms with Crippen LogP contribution < -0.4 is 14.8 Å². The van der Waals surface area contributed by atoms with E-state index in [9.17, 15) is 4.79 Å². The zero-order chi connectivity index (χ0) is 20.8. The Hall–Kier alpha value is -2.98. The van der Waals surface area contributed by atoms with Crippen molar-refractivity contribution < 1.29 is 14.3 Å². The first-order valence-corrected chi connectivity index (χ1v) is 9.91. The van der Waals surface area contributed by atoms with E-state index < -0.39 is 6.10 Å². The fourth-order valence-electron chi connectivity index (χ4n) is 2.79. The average Bonchev–Trinajstić information content (AvgIpc) is 2.71. The lowest BCUT2D eigenvalue weighted by Gasteiger charge is -2.19. The van der Waals surface area contributed by atoms with Crippen LogP contribution in [0, 0.1) is 13.8 Å². The largest absolute Gasteiger partial charge is 0.481 e. The molecular weight excluding hydrogens is 386 g/mol. The van der Waals surface area contributed by atoms with Gasteiger partial charge in [0, 0.05) is 5.02 Å². The van der Waals surface area contributed by atoms with Crippen molar-refractivity contribution in [2.45, 2.75) is 33.3 Å². The summed E-state index contributed by atoms with van der Waals surface area (Å²) in [7, 11) is 0. The summed E-state index contributed by atoms with van der Waals surface area (Å²) in [6.07, 6.45) is -0.116. The number of hydrogen-bond donors (Lipinski definition) is 1. The minimum absolute atomic E-state index is 0.258. The standard InChI is InChI=1S/C24H24ClNO3/c1-4-22(29-20-12-10-16(2)17(3)14-20)24(27)26-21-15-18(25)11-13-23(21)28-19-8-6-5-7-9-19/h5-15,22H,4H2,1-3H3,(H,26,27)/t22-/m1/s1. The molecule has 3 aromatic carbocycles. The Labute approximate surface area is 176 Å². The van der Waals surface area contributed by atoms with Crippen LogP contribution in [0.15, 0.2) is 66.7 Å². The molecule has 29 heavy (non-hydrogen) atoms. The second-order valence-electron chi connectivity index (χ2n) is 6.81. The summed E-state index contributed by atoms with van der Waals surface area (Å²) in [5, 5.41) is 3.40. The molecule has 1 N–H and O–H groups in total. The molecule has 0 aliphatic carbocycles. The van der Waals surface area contributed by atoms with E-state index in [1.165, 1.54) is 5.56 Å². The summed E-state index contributed by atoms with van der Waals surface area (Å²) in [4.78, 5) is 12.9. The summed E-state index contributed by atoms with van der Waals surface area (Å²) in [5.74, 6) is 1.59. The summed E-state index contributed by atoms with van der Waals surface area (Å²) in [6, 6.07) is 20.3. The molecule has 3 aromatic rings. The van der Waals surface area contributed by atoms with E-state index in [1.807, 2.05) is 69.3 Å². The summed E-state index contributed by atoms with van der Waals surface area (Å²) in [6.45, 7) is 5.96. The van der Waals surface area contributed by atoms with Gasteiger partial charge in [-0.25, -0.2) is 0 Å². The second-order valence-corrected chi connectivity index (χ2v) is 7.24. The number of hydrogen-bond acceptors (Lipinski definition) is 3. The number of ether oxygens (including phenoxy) is 2. The van der Waals surface area contributed by atoms with Crippen molar-refractivity contribution in [2.24, 2.45) is 0 Å². The quantitative estimate of drug-likeness (QED) is 0.481. The van der Waals surface area contributed by atoms with Gasteiger partial charge in [0.1, 0.15) is 11.5 Å². The van der Waals surface area contributed by atoms with Gasteiger partial charge in [0.25, 0.3) is 5.91 Å². The molecule has 0 unspecified atom stereocenters. The molecule has 150 valence electrons. The van der Waals surface area contributed by atoms with Gasteiger partial charge in [0.05, 0.1) is 5.69 Å². The third-order valence-corrected chi connectivity index (χ3v) is 4.83. The van der Waals surface area contributed by atoms with E-state index >= 15 is 0 Å². The fraction of sp³-hybridized carbons (Fsp3) is 0.208. The van der Waals surface area contributed by atoms with E-state index in [-0.39, 0.29) is 5.91 Å². The van der Waals surface area contributed by atoms with Gasteiger partial charge in [0.2, 0.25) is 0 Å². The highest BCUT2D eigenvalue weighted by molar-refractivity contribution is 6.31. The van der Waals surface area contributed by atoms with E-state index in [1.54, 1.807) is 18.2 Å². The second kappa shape index (κ2) is 9.48. The Morgan fingerprint density at radius 3 is 2.41 bits per heavy atom.